The van der Waals surface area contributed by atoms with Crippen LogP contribution < -0.4 is 10.0 Å². The maximum Gasteiger partial charge on any atom is 0.241 e. The second kappa shape index (κ2) is 5.40. The zero-order valence-electron chi connectivity index (χ0n) is 12.0. The van der Waals surface area contributed by atoms with Gasteiger partial charge in [0.15, 0.2) is 0 Å². The number of aryl methyl sites for hydroxylation is 1. The third-order valence-corrected chi connectivity index (χ3v) is 7.08. The number of hydrogen-bond donors (Lipinski definition) is 2. The Kier molecular flexibility index (Phi) is 3.92. The zero-order chi connectivity index (χ0) is 14.3. The Bertz CT molecular complexity index is 590. The molecule has 2 N–H and O–H groups in total. The van der Waals surface area contributed by atoms with Gasteiger partial charge in [0.25, 0.3) is 0 Å². The molecule has 2 fully saturated rings. The van der Waals surface area contributed by atoms with E-state index in [0.717, 1.165) is 16.9 Å². The van der Waals surface area contributed by atoms with Gasteiger partial charge in [0.2, 0.25) is 10.0 Å². The Morgan fingerprint density at radius 1 is 1.40 bits per heavy atom. The Labute approximate surface area is 125 Å². The molecule has 20 heavy (non-hydrogen) atoms. The maximum absolute atomic E-state index is 12.5. The Hall–Kier alpha value is -0.430. The van der Waals surface area contributed by atoms with E-state index in [2.05, 4.69) is 17.0 Å². The fourth-order valence-electron chi connectivity index (χ4n) is 2.47. The molecule has 6 heteroatoms. The fraction of sp³-hybridized carbons (Fsp3) is 0.714. The molecule has 0 amide bonds. The number of rotatable bonds is 7. The first-order chi connectivity index (χ1) is 9.47. The summed E-state index contributed by atoms with van der Waals surface area (Å²) in [5.74, 6) is 1.19. The van der Waals surface area contributed by atoms with E-state index in [1.54, 1.807) is 11.3 Å². The summed E-state index contributed by atoms with van der Waals surface area (Å²) in [6, 6.07) is 0.591. The van der Waals surface area contributed by atoms with Crippen LogP contribution in [0.3, 0.4) is 0 Å². The second-order valence-corrected chi connectivity index (χ2v) is 8.82. The molecule has 1 heterocycles. The van der Waals surface area contributed by atoms with Gasteiger partial charge in [-0.15, -0.1) is 11.3 Å². The van der Waals surface area contributed by atoms with E-state index in [1.165, 1.54) is 12.8 Å². The fourth-order valence-corrected chi connectivity index (χ4v) is 5.32. The highest BCUT2D eigenvalue weighted by Crippen LogP contribution is 2.37. The van der Waals surface area contributed by atoms with Crippen molar-refractivity contribution in [1.29, 1.82) is 0 Å². The minimum absolute atomic E-state index is 0.504. The van der Waals surface area contributed by atoms with E-state index in [1.807, 2.05) is 12.3 Å². The molecule has 2 aliphatic rings. The van der Waals surface area contributed by atoms with Gasteiger partial charge in [0.05, 0.1) is 0 Å². The minimum Gasteiger partial charge on any atom is -0.309 e. The van der Waals surface area contributed by atoms with Gasteiger partial charge in [-0.1, -0.05) is 6.92 Å². The van der Waals surface area contributed by atoms with Gasteiger partial charge in [-0.2, -0.15) is 0 Å². The summed E-state index contributed by atoms with van der Waals surface area (Å²) in [7, 11) is -3.36. The normalized spacial score (nSPS) is 25.9. The van der Waals surface area contributed by atoms with Crippen molar-refractivity contribution in [3.8, 4) is 0 Å². The van der Waals surface area contributed by atoms with Gasteiger partial charge in [-0.3, -0.25) is 0 Å². The summed E-state index contributed by atoms with van der Waals surface area (Å²) in [5.41, 5.74) is 0.860. The topological polar surface area (TPSA) is 58.2 Å². The van der Waals surface area contributed by atoms with Crippen molar-refractivity contribution < 1.29 is 8.42 Å². The first kappa shape index (κ1) is 14.5. The molecule has 2 saturated carbocycles. The van der Waals surface area contributed by atoms with Crippen LogP contribution in [0.1, 0.15) is 36.6 Å². The van der Waals surface area contributed by atoms with Crippen LogP contribution in [0.25, 0.3) is 0 Å². The summed E-state index contributed by atoms with van der Waals surface area (Å²) in [5, 5.41) is 5.34. The molecule has 1 aromatic heterocycles. The molecule has 1 aromatic rings. The van der Waals surface area contributed by atoms with Crippen LogP contribution in [0.15, 0.2) is 10.3 Å². The molecule has 0 saturated heterocycles. The highest BCUT2D eigenvalue weighted by atomic mass is 32.2. The molecule has 0 aliphatic heterocycles. The molecule has 0 aromatic carbocycles. The molecular formula is C14H22N2O2S2. The van der Waals surface area contributed by atoms with E-state index in [-0.39, 0.29) is 0 Å². The van der Waals surface area contributed by atoms with E-state index in [4.69, 9.17) is 0 Å². The summed E-state index contributed by atoms with van der Waals surface area (Å²) in [4.78, 5) is 1.44. The van der Waals surface area contributed by atoms with Crippen molar-refractivity contribution >= 4 is 21.4 Å². The summed E-state index contributed by atoms with van der Waals surface area (Å²) < 4.78 is 27.8. The first-order valence-electron chi connectivity index (χ1n) is 7.27. The van der Waals surface area contributed by atoms with Crippen LogP contribution in [0.4, 0.5) is 0 Å². The average Bonchev–Trinajstić information content (AvgIpc) is 3.28. The first-order valence-corrected chi connectivity index (χ1v) is 9.63. The minimum atomic E-state index is -3.36. The number of hydrogen-bond acceptors (Lipinski definition) is 4. The van der Waals surface area contributed by atoms with Crippen LogP contribution in [0.5, 0.6) is 0 Å². The summed E-state index contributed by atoms with van der Waals surface area (Å²) in [6.07, 6.45) is 3.57. The van der Waals surface area contributed by atoms with Crippen molar-refractivity contribution in [2.24, 2.45) is 11.8 Å². The van der Waals surface area contributed by atoms with Crippen LogP contribution in [-0.2, 0) is 16.6 Å². The second-order valence-electron chi connectivity index (χ2n) is 6.15. The summed E-state index contributed by atoms with van der Waals surface area (Å²) in [6.45, 7) is 5.29. The number of nitrogens with one attached hydrogen (secondary N) is 2. The number of thiophene rings is 1. The molecule has 112 valence electrons. The zero-order valence-corrected chi connectivity index (χ0v) is 13.6. The van der Waals surface area contributed by atoms with E-state index >= 15 is 0 Å². The maximum atomic E-state index is 12.5. The molecule has 0 spiro atoms. The third kappa shape index (κ3) is 3.24. The van der Waals surface area contributed by atoms with Crippen LogP contribution in [-0.4, -0.2) is 21.0 Å². The molecule has 0 bridgehead atoms. The van der Waals surface area contributed by atoms with E-state index in [0.29, 0.717) is 35.9 Å². The Morgan fingerprint density at radius 2 is 2.10 bits per heavy atom. The largest absolute Gasteiger partial charge is 0.309 e. The van der Waals surface area contributed by atoms with Gasteiger partial charge < -0.3 is 5.32 Å². The Balaban J connectivity index is 1.70. The van der Waals surface area contributed by atoms with Gasteiger partial charge in [-0.25, -0.2) is 13.1 Å². The molecule has 2 aliphatic carbocycles. The lowest BCUT2D eigenvalue weighted by atomic mass is 10.3. The van der Waals surface area contributed by atoms with Crippen LogP contribution in [0.2, 0.25) is 0 Å². The van der Waals surface area contributed by atoms with Crippen molar-refractivity contribution in [3.05, 3.63) is 15.8 Å². The molecule has 3 rings (SSSR count). The third-order valence-electron chi connectivity index (χ3n) is 4.20. The summed E-state index contributed by atoms with van der Waals surface area (Å²) >= 11 is 1.54. The molecular weight excluding hydrogens is 292 g/mol. The van der Waals surface area contributed by atoms with Gasteiger partial charge >= 0.3 is 0 Å². The van der Waals surface area contributed by atoms with Crippen molar-refractivity contribution in [1.82, 2.24) is 10.0 Å². The highest BCUT2D eigenvalue weighted by Gasteiger charge is 2.34. The lowest BCUT2D eigenvalue weighted by Crippen LogP contribution is -2.28. The van der Waals surface area contributed by atoms with Crippen molar-refractivity contribution in [3.63, 3.8) is 0 Å². The lowest BCUT2D eigenvalue weighted by molar-refractivity contribution is 0.572. The lowest BCUT2D eigenvalue weighted by Gasteiger charge is -2.09. The number of sulfonamides is 1. The van der Waals surface area contributed by atoms with Gasteiger partial charge in [-0.05, 0) is 49.0 Å². The van der Waals surface area contributed by atoms with E-state index < -0.39 is 10.0 Å². The predicted octanol–water partition coefficient (Wildman–Crippen LogP) is 2.24. The molecule has 2 atom stereocenters. The standard InChI is InChI=1S/C14H22N2O2S2/c1-9-5-11(9)6-16-20(17,18)14-10(2)8-19-13(14)7-15-12-3-4-12/h8-9,11-12,15-16H,3-7H2,1-2H3. The van der Waals surface area contributed by atoms with Gasteiger partial charge in [0.1, 0.15) is 4.90 Å². The van der Waals surface area contributed by atoms with Crippen LogP contribution >= 0.6 is 11.3 Å². The van der Waals surface area contributed by atoms with Gasteiger partial charge in [0, 0.05) is 24.0 Å². The SMILES string of the molecule is Cc1csc(CNC2CC2)c1S(=O)(=O)NCC1CC1C. The molecule has 2 unspecified atom stereocenters. The smallest absolute Gasteiger partial charge is 0.241 e. The predicted molar refractivity (Wildman–Crippen MR) is 81.4 cm³/mol. The molecule has 0 radical (unpaired) electrons. The molecule has 4 nitrogen and oxygen atoms in total. The van der Waals surface area contributed by atoms with Crippen LogP contribution in [0, 0.1) is 18.8 Å². The Morgan fingerprint density at radius 3 is 2.70 bits per heavy atom. The monoisotopic (exact) mass is 314 g/mol. The highest BCUT2D eigenvalue weighted by molar-refractivity contribution is 7.89. The average molecular weight is 314 g/mol. The van der Waals surface area contributed by atoms with E-state index in [9.17, 15) is 8.42 Å². The van der Waals surface area contributed by atoms with Crippen molar-refractivity contribution in [2.45, 2.75) is 50.6 Å². The van der Waals surface area contributed by atoms with Crippen molar-refractivity contribution in [2.75, 3.05) is 6.54 Å². The quantitative estimate of drug-likeness (QED) is 0.811.